The number of tetrazole rings is 1. The Morgan fingerprint density at radius 2 is 1.65 bits per heavy atom. The van der Waals surface area contributed by atoms with Gasteiger partial charge in [-0.3, -0.25) is 4.79 Å². The zero-order valence-corrected chi connectivity index (χ0v) is 13.8. The molecule has 2 aromatic carbocycles. The van der Waals surface area contributed by atoms with Crippen molar-refractivity contribution in [1.29, 1.82) is 0 Å². The molecule has 26 heavy (non-hydrogen) atoms. The van der Waals surface area contributed by atoms with E-state index in [1.165, 1.54) is 6.33 Å². The van der Waals surface area contributed by atoms with Gasteiger partial charge in [0.2, 0.25) is 0 Å². The second-order valence-corrected chi connectivity index (χ2v) is 5.73. The fourth-order valence-corrected chi connectivity index (χ4v) is 2.80. The van der Waals surface area contributed by atoms with Gasteiger partial charge in [0, 0.05) is 18.1 Å². The standard InChI is InChI=1S/C19H16N6O/c26-19(18(24-12-4-5-13-24)15-6-2-1-3-7-15)21-16-8-10-17(11-9-16)25-14-20-22-23-25/h1-14,18H,(H,21,26)/t18-/m1/s1. The Morgan fingerprint density at radius 3 is 2.31 bits per heavy atom. The molecule has 0 aliphatic carbocycles. The Bertz CT molecular complexity index is 963. The van der Waals surface area contributed by atoms with Crippen LogP contribution < -0.4 is 5.32 Å². The van der Waals surface area contributed by atoms with Crippen LogP contribution in [0.1, 0.15) is 11.6 Å². The summed E-state index contributed by atoms with van der Waals surface area (Å²) in [5.74, 6) is -0.109. The Morgan fingerprint density at radius 1 is 0.923 bits per heavy atom. The number of hydrogen-bond donors (Lipinski definition) is 1. The maximum Gasteiger partial charge on any atom is 0.252 e. The molecule has 7 nitrogen and oxygen atoms in total. The predicted octanol–water partition coefficient (Wildman–Crippen LogP) is 2.69. The van der Waals surface area contributed by atoms with Crippen LogP contribution in [0.2, 0.25) is 0 Å². The Kier molecular flexibility index (Phi) is 4.26. The molecule has 7 heteroatoms. The summed E-state index contributed by atoms with van der Waals surface area (Å²) in [6, 6.07) is 20.4. The number of hydrogen-bond acceptors (Lipinski definition) is 4. The first-order valence-electron chi connectivity index (χ1n) is 8.13. The summed E-state index contributed by atoms with van der Waals surface area (Å²) in [6.45, 7) is 0. The van der Waals surface area contributed by atoms with Crippen LogP contribution in [-0.4, -0.2) is 30.7 Å². The zero-order valence-electron chi connectivity index (χ0n) is 13.8. The van der Waals surface area contributed by atoms with E-state index in [4.69, 9.17) is 0 Å². The summed E-state index contributed by atoms with van der Waals surface area (Å²) in [7, 11) is 0. The quantitative estimate of drug-likeness (QED) is 0.604. The smallest absolute Gasteiger partial charge is 0.252 e. The van der Waals surface area contributed by atoms with Crippen LogP contribution >= 0.6 is 0 Å². The van der Waals surface area contributed by atoms with Gasteiger partial charge in [-0.15, -0.1) is 5.10 Å². The molecule has 0 fully saturated rings. The van der Waals surface area contributed by atoms with Crippen LogP contribution in [0.25, 0.3) is 5.69 Å². The number of benzene rings is 2. The lowest BCUT2D eigenvalue weighted by molar-refractivity contribution is -0.118. The molecule has 128 valence electrons. The second kappa shape index (κ2) is 7.02. The fourth-order valence-electron chi connectivity index (χ4n) is 2.80. The Labute approximate surface area is 149 Å². The summed E-state index contributed by atoms with van der Waals surface area (Å²) in [4.78, 5) is 13.0. The average Bonchev–Trinajstić information content (AvgIpc) is 3.38. The molecule has 0 aliphatic heterocycles. The lowest BCUT2D eigenvalue weighted by Crippen LogP contribution is -2.26. The van der Waals surface area contributed by atoms with E-state index in [0.29, 0.717) is 5.69 Å². The van der Waals surface area contributed by atoms with Gasteiger partial charge in [-0.2, -0.15) is 0 Å². The fraction of sp³-hybridized carbons (Fsp3) is 0.0526. The van der Waals surface area contributed by atoms with Crippen LogP contribution in [0.4, 0.5) is 5.69 Å². The van der Waals surface area contributed by atoms with Crippen molar-refractivity contribution in [3.8, 4) is 5.69 Å². The van der Waals surface area contributed by atoms with Crippen LogP contribution in [0.15, 0.2) is 85.5 Å². The number of aromatic nitrogens is 5. The van der Waals surface area contributed by atoms with Crippen molar-refractivity contribution in [2.45, 2.75) is 6.04 Å². The highest BCUT2D eigenvalue weighted by Gasteiger charge is 2.21. The molecule has 4 aromatic rings. The number of anilines is 1. The summed E-state index contributed by atoms with van der Waals surface area (Å²) >= 11 is 0. The summed E-state index contributed by atoms with van der Waals surface area (Å²) < 4.78 is 3.44. The summed E-state index contributed by atoms with van der Waals surface area (Å²) in [5, 5.41) is 14.1. The Balaban J connectivity index is 1.57. The van der Waals surface area contributed by atoms with Gasteiger partial charge in [0.1, 0.15) is 12.4 Å². The van der Waals surface area contributed by atoms with E-state index in [0.717, 1.165) is 11.3 Å². The topological polar surface area (TPSA) is 77.6 Å². The molecule has 0 bridgehead atoms. The third-order valence-corrected chi connectivity index (χ3v) is 4.04. The van der Waals surface area contributed by atoms with E-state index in [9.17, 15) is 4.79 Å². The van der Waals surface area contributed by atoms with Crippen molar-refractivity contribution in [3.05, 3.63) is 91.0 Å². The van der Waals surface area contributed by atoms with Gasteiger partial charge in [-0.25, -0.2) is 4.68 Å². The molecule has 1 N–H and O–H groups in total. The lowest BCUT2D eigenvalue weighted by Gasteiger charge is -2.19. The molecule has 0 spiro atoms. The Hall–Kier alpha value is -3.74. The monoisotopic (exact) mass is 344 g/mol. The minimum Gasteiger partial charge on any atom is -0.338 e. The highest BCUT2D eigenvalue weighted by Crippen LogP contribution is 2.21. The first-order chi connectivity index (χ1) is 12.8. The average molecular weight is 344 g/mol. The summed E-state index contributed by atoms with van der Waals surface area (Å²) in [6.07, 6.45) is 5.29. The van der Waals surface area contributed by atoms with Gasteiger partial charge in [0.15, 0.2) is 0 Å². The first-order valence-corrected chi connectivity index (χ1v) is 8.13. The van der Waals surface area contributed by atoms with E-state index in [1.807, 2.05) is 83.7 Å². The largest absolute Gasteiger partial charge is 0.338 e. The molecule has 0 radical (unpaired) electrons. The maximum absolute atomic E-state index is 13.0. The van der Waals surface area contributed by atoms with E-state index in [2.05, 4.69) is 20.8 Å². The normalized spacial score (nSPS) is 11.8. The van der Waals surface area contributed by atoms with E-state index >= 15 is 0 Å². The molecule has 0 saturated heterocycles. The maximum atomic E-state index is 13.0. The zero-order chi connectivity index (χ0) is 17.8. The van der Waals surface area contributed by atoms with E-state index in [-0.39, 0.29) is 5.91 Å². The molecule has 0 saturated carbocycles. The van der Waals surface area contributed by atoms with Crippen LogP contribution in [0.5, 0.6) is 0 Å². The number of nitrogens with zero attached hydrogens (tertiary/aromatic N) is 5. The third-order valence-electron chi connectivity index (χ3n) is 4.04. The van der Waals surface area contributed by atoms with Crippen molar-refractivity contribution >= 4 is 11.6 Å². The number of nitrogens with one attached hydrogen (secondary N) is 1. The van der Waals surface area contributed by atoms with Crippen LogP contribution in [-0.2, 0) is 4.79 Å². The van der Waals surface area contributed by atoms with Crippen molar-refractivity contribution < 1.29 is 4.79 Å². The predicted molar refractivity (Wildman–Crippen MR) is 96.8 cm³/mol. The van der Waals surface area contributed by atoms with Crippen LogP contribution in [0.3, 0.4) is 0 Å². The van der Waals surface area contributed by atoms with Gasteiger partial charge in [-0.05, 0) is 52.4 Å². The molecule has 2 heterocycles. The lowest BCUT2D eigenvalue weighted by atomic mass is 10.1. The number of rotatable bonds is 5. The minimum atomic E-state index is -0.439. The van der Waals surface area contributed by atoms with Crippen molar-refractivity contribution in [2.75, 3.05) is 5.32 Å². The number of carbonyl (C=O) groups excluding carboxylic acids is 1. The highest BCUT2D eigenvalue weighted by molar-refractivity contribution is 5.95. The molecular formula is C19H16N6O. The molecule has 1 amide bonds. The molecule has 0 aliphatic rings. The highest BCUT2D eigenvalue weighted by atomic mass is 16.2. The van der Waals surface area contributed by atoms with Crippen molar-refractivity contribution in [2.24, 2.45) is 0 Å². The van der Waals surface area contributed by atoms with Crippen LogP contribution in [0, 0.1) is 0 Å². The molecule has 0 unspecified atom stereocenters. The van der Waals surface area contributed by atoms with E-state index in [1.54, 1.807) is 4.68 Å². The van der Waals surface area contributed by atoms with Gasteiger partial charge in [0.05, 0.1) is 5.69 Å². The first kappa shape index (κ1) is 15.8. The molecule has 4 rings (SSSR count). The number of carbonyl (C=O) groups is 1. The van der Waals surface area contributed by atoms with E-state index < -0.39 is 6.04 Å². The molecular weight excluding hydrogens is 328 g/mol. The number of amides is 1. The second-order valence-electron chi connectivity index (χ2n) is 5.73. The third kappa shape index (κ3) is 3.23. The SMILES string of the molecule is O=C(Nc1ccc(-n2cnnn2)cc1)[C@@H](c1ccccc1)n1cccc1. The van der Waals surface area contributed by atoms with Gasteiger partial charge in [0.25, 0.3) is 5.91 Å². The molecule has 1 atom stereocenters. The van der Waals surface area contributed by atoms with Crippen molar-refractivity contribution in [1.82, 2.24) is 24.8 Å². The van der Waals surface area contributed by atoms with Crippen molar-refractivity contribution in [3.63, 3.8) is 0 Å². The van der Waals surface area contributed by atoms with Gasteiger partial charge in [-0.1, -0.05) is 30.3 Å². The van der Waals surface area contributed by atoms with Gasteiger partial charge >= 0.3 is 0 Å². The minimum absolute atomic E-state index is 0.109. The summed E-state index contributed by atoms with van der Waals surface area (Å²) in [5.41, 5.74) is 2.45. The molecule has 2 aromatic heterocycles. The van der Waals surface area contributed by atoms with Gasteiger partial charge < -0.3 is 9.88 Å².